The topological polar surface area (TPSA) is 43.5 Å². The van der Waals surface area contributed by atoms with Crippen molar-refractivity contribution in [3.8, 4) is 5.75 Å². The quantitative estimate of drug-likeness (QED) is 0.783. The predicted molar refractivity (Wildman–Crippen MR) is 82.0 cm³/mol. The summed E-state index contributed by atoms with van der Waals surface area (Å²) in [5, 5.41) is 0. The second-order valence-electron chi connectivity index (χ2n) is 6.45. The lowest BCUT2D eigenvalue weighted by atomic mass is 9.87. The third-order valence-electron chi connectivity index (χ3n) is 3.31. The Labute approximate surface area is 127 Å². The Morgan fingerprint density at radius 2 is 1.52 bits per heavy atom. The summed E-state index contributed by atoms with van der Waals surface area (Å²) in [5.74, 6) is 0.929. The van der Waals surface area contributed by atoms with E-state index in [1.807, 2.05) is 12.1 Å². The molecule has 2 aliphatic heterocycles. The molecule has 0 N–H and O–H groups in total. The third kappa shape index (κ3) is 6.46. The molecule has 21 heavy (non-hydrogen) atoms. The normalized spacial score (nSPS) is 23.0. The molecule has 0 aliphatic carbocycles. The standard InChI is InChI=1S/C13H18O2.C4H8O2/c1-13(2,3)10-4-6-11(7-5-10)14-8-12-9-15-12;1-5-2-4-3-6-4/h4-7,12H,8-9H2,1-3H3;4H,2-3H2,1H3. The molecule has 3 rings (SSSR count). The first-order chi connectivity index (χ1) is 9.99. The van der Waals surface area contributed by atoms with Crippen molar-refractivity contribution < 1.29 is 18.9 Å². The first-order valence-corrected chi connectivity index (χ1v) is 7.44. The maximum absolute atomic E-state index is 5.57. The average molecular weight is 294 g/mol. The van der Waals surface area contributed by atoms with Gasteiger partial charge < -0.3 is 18.9 Å². The Morgan fingerprint density at radius 1 is 1.00 bits per heavy atom. The molecule has 0 spiro atoms. The summed E-state index contributed by atoms with van der Waals surface area (Å²) in [6.07, 6.45) is 0.752. The summed E-state index contributed by atoms with van der Waals surface area (Å²) in [5.41, 5.74) is 1.54. The summed E-state index contributed by atoms with van der Waals surface area (Å²) in [6, 6.07) is 8.32. The number of rotatable bonds is 5. The fourth-order valence-corrected chi connectivity index (χ4v) is 1.75. The van der Waals surface area contributed by atoms with E-state index >= 15 is 0 Å². The van der Waals surface area contributed by atoms with Crippen LogP contribution in [0, 0.1) is 0 Å². The summed E-state index contributed by atoms with van der Waals surface area (Å²) >= 11 is 0. The maximum Gasteiger partial charge on any atom is 0.119 e. The second kappa shape index (κ2) is 7.25. The largest absolute Gasteiger partial charge is 0.491 e. The van der Waals surface area contributed by atoms with Crippen molar-refractivity contribution in [2.45, 2.75) is 38.4 Å². The molecule has 2 fully saturated rings. The van der Waals surface area contributed by atoms with Gasteiger partial charge in [-0.3, -0.25) is 0 Å². The van der Waals surface area contributed by atoms with E-state index < -0.39 is 0 Å². The van der Waals surface area contributed by atoms with Crippen molar-refractivity contribution in [2.24, 2.45) is 0 Å². The molecule has 0 radical (unpaired) electrons. The van der Waals surface area contributed by atoms with Crippen LogP contribution in [0.5, 0.6) is 5.75 Å². The summed E-state index contributed by atoms with van der Waals surface area (Å²) < 4.78 is 20.2. The molecule has 2 saturated heterocycles. The van der Waals surface area contributed by atoms with Gasteiger partial charge in [-0.15, -0.1) is 0 Å². The van der Waals surface area contributed by atoms with Crippen LogP contribution in [-0.4, -0.2) is 45.7 Å². The highest BCUT2D eigenvalue weighted by Crippen LogP contribution is 2.24. The average Bonchev–Trinajstić information content (AvgIpc) is 3.32. The van der Waals surface area contributed by atoms with Crippen LogP contribution >= 0.6 is 0 Å². The molecule has 2 aliphatic rings. The molecule has 1 aromatic carbocycles. The smallest absolute Gasteiger partial charge is 0.119 e. The first kappa shape index (κ1) is 16.3. The summed E-state index contributed by atoms with van der Waals surface area (Å²) in [6.45, 7) is 9.81. The Bertz CT molecular complexity index is 413. The number of benzene rings is 1. The van der Waals surface area contributed by atoms with E-state index in [1.165, 1.54) is 5.56 Å². The van der Waals surface area contributed by atoms with Gasteiger partial charge in [0.1, 0.15) is 24.6 Å². The lowest BCUT2D eigenvalue weighted by Crippen LogP contribution is -2.11. The number of epoxide rings is 2. The van der Waals surface area contributed by atoms with Crippen LogP contribution in [0.3, 0.4) is 0 Å². The van der Waals surface area contributed by atoms with Gasteiger partial charge in [-0.2, -0.15) is 0 Å². The van der Waals surface area contributed by atoms with Gasteiger partial charge in [0.25, 0.3) is 0 Å². The van der Waals surface area contributed by atoms with Crippen molar-refractivity contribution in [1.29, 1.82) is 0 Å². The molecule has 0 saturated carbocycles. The predicted octanol–water partition coefficient (Wildman–Crippen LogP) is 2.79. The highest BCUT2D eigenvalue weighted by atomic mass is 16.6. The minimum absolute atomic E-state index is 0.206. The fourth-order valence-electron chi connectivity index (χ4n) is 1.75. The molecular formula is C17H26O4. The van der Waals surface area contributed by atoms with Crippen molar-refractivity contribution in [1.82, 2.24) is 0 Å². The summed E-state index contributed by atoms with van der Waals surface area (Å²) in [7, 11) is 1.68. The monoisotopic (exact) mass is 294 g/mol. The molecule has 4 nitrogen and oxygen atoms in total. The number of methoxy groups -OCH3 is 1. The molecule has 2 unspecified atom stereocenters. The molecule has 2 atom stereocenters. The summed E-state index contributed by atoms with van der Waals surface area (Å²) in [4.78, 5) is 0. The molecule has 1 aromatic rings. The van der Waals surface area contributed by atoms with Gasteiger partial charge in [0.2, 0.25) is 0 Å². The maximum atomic E-state index is 5.57. The van der Waals surface area contributed by atoms with E-state index in [0.29, 0.717) is 18.8 Å². The first-order valence-electron chi connectivity index (χ1n) is 7.44. The molecule has 4 heteroatoms. The molecular weight excluding hydrogens is 268 g/mol. The van der Waals surface area contributed by atoms with Crippen LogP contribution in [0.15, 0.2) is 24.3 Å². The molecule has 0 aromatic heterocycles. The van der Waals surface area contributed by atoms with Crippen LogP contribution in [0.4, 0.5) is 0 Å². The number of hydrogen-bond donors (Lipinski definition) is 0. The van der Waals surface area contributed by atoms with Crippen LogP contribution < -0.4 is 4.74 Å². The molecule has 0 amide bonds. The Kier molecular flexibility index (Phi) is 5.62. The van der Waals surface area contributed by atoms with Crippen molar-refractivity contribution in [3.63, 3.8) is 0 Å². The minimum atomic E-state index is 0.206. The van der Waals surface area contributed by atoms with E-state index in [-0.39, 0.29) is 5.41 Å². The van der Waals surface area contributed by atoms with Crippen molar-refractivity contribution in [3.05, 3.63) is 29.8 Å². The van der Waals surface area contributed by atoms with Crippen molar-refractivity contribution in [2.75, 3.05) is 33.5 Å². The molecule has 2 heterocycles. The Balaban J connectivity index is 0.000000225. The van der Waals surface area contributed by atoms with E-state index in [1.54, 1.807) is 7.11 Å². The Hall–Kier alpha value is -1.10. The lowest BCUT2D eigenvalue weighted by Gasteiger charge is -2.19. The van der Waals surface area contributed by atoms with Gasteiger partial charge in [-0.25, -0.2) is 0 Å². The van der Waals surface area contributed by atoms with Crippen LogP contribution in [0.25, 0.3) is 0 Å². The number of hydrogen-bond acceptors (Lipinski definition) is 4. The highest BCUT2D eigenvalue weighted by molar-refractivity contribution is 5.31. The van der Waals surface area contributed by atoms with Gasteiger partial charge in [-0.05, 0) is 23.1 Å². The van der Waals surface area contributed by atoms with Gasteiger partial charge in [0.05, 0.1) is 19.8 Å². The van der Waals surface area contributed by atoms with Crippen LogP contribution in [-0.2, 0) is 19.6 Å². The highest BCUT2D eigenvalue weighted by Gasteiger charge is 2.23. The molecule has 118 valence electrons. The van der Waals surface area contributed by atoms with E-state index in [2.05, 4.69) is 32.9 Å². The fraction of sp³-hybridized carbons (Fsp3) is 0.647. The van der Waals surface area contributed by atoms with Crippen LogP contribution in [0.2, 0.25) is 0 Å². The molecule has 0 bridgehead atoms. The van der Waals surface area contributed by atoms with E-state index in [0.717, 1.165) is 25.6 Å². The van der Waals surface area contributed by atoms with Crippen LogP contribution in [0.1, 0.15) is 26.3 Å². The van der Waals surface area contributed by atoms with Gasteiger partial charge in [-0.1, -0.05) is 32.9 Å². The zero-order valence-electron chi connectivity index (χ0n) is 13.4. The van der Waals surface area contributed by atoms with E-state index in [4.69, 9.17) is 18.9 Å². The van der Waals surface area contributed by atoms with Gasteiger partial charge in [0.15, 0.2) is 0 Å². The number of ether oxygens (including phenoxy) is 4. The zero-order chi connectivity index (χ0) is 15.3. The Morgan fingerprint density at radius 3 is 1.90 bits per heavy atom. The minimum Gasteiger partial charge on any atom is -0.491 e. The lowest BCUT2D eigenvalue weighted by molar-refractivity contribution is 0.171. The third-order valence-corrected chi connectivity index (χ3v) is 3.31. The van der Waals surface area contributed by atoms with E-state index in [9.17, 15) is 0 Å². The van der Waals surface area contributed by atoms with Gasteiger partial charge >= 0.3 is 0 Å². The second-order valence-corrected chi connectivity index (χ2v) is 6.45. The van der Waals surface area contributed by atoms with Gasteiger partial charge in [0, 0.05) is 7.11 Å². The SMILES string of the molecule is CC(C)(C)c1ccc(OCC2CO2)cc1.COCC1CO1. The zero-order valence-corrected chi connectivity index (χ0v) is 13.4. The van der Waals surface area contributed by atoms with Crippen molar-refractivity contribution >= 4 is 0 Å².